The van der Waals surface area contributed by atoms with Gasteiger partial charge in [0.2, 0.25) is 0 Å². The summed E-state index contributed by atoms with van der Waals surface area (Å²) in [5, 5.41) is 9.81. The number of rotatable bonds is 5. The third kappa shape index (κ3) is 4.52. The second kappa shape index (κ2) is 7.88. The number of carbonyl (C=O) groups excluding carboxylic acids is 1. The number of aromatic nitrogens is 2. The van der Waals surface area contributed by atoms with E-state index in [0.717, 1.165) is 5.56 Å². The number of urea groups is 1. The predicted octanol–water partition coefficient (Wildman–Crippen LogP) is 4.38. The number of anilines is 2. The number of benzene rings is 2. The van der Waals surface area contributed by atoms with Gasteiger partial charge in [0.05, 0.1) is 13.7 Å². The molecule has 8 heteroatoms. The van der Waals surface area contributed by atoms with Crippen LogP contribution in [0.1, 0.15) is 5.56 Å². The van der Waals surface area contributed by atoms with Crippen LogP contribution in [0.25, 0.3) is 0 Å². The molecule has 2 N–H and O–H groups in total. The Hall–Kier alpha value is -3.06. The zero-order valence-corrected chi connectivity index (χ0v) is 14.6. The minimum absolute atomic E-state index is 0.236. The van der Waals surface area contributed by atoms with Crippen LogP contribution in [-0.2, 0) is 6.54 Å². The number of halogens is 2. The highest BCUT2D eigenvalue weighted by molar-refractivity contribution is 6.33. The third-order valence-corrected chi connectivity index (χ3v) is 3.83. The molecule has 26 heavy (non-hydrogen) atoms. The van der Waals surface area contributed by atoms with Crippen molar-refractivity contribution in [2.45, 2.75) is 6.54 Å². The number of nitrogens with one attached hydrogen (secondary N) is 2. The normalized spacial score (nSPS) is 10.4. The first-order valence-electron chi connectivity index (χ1n) is 7.73. The van der Waals surface area contributed by atoms with Crippen molar-refractivity contribution in [3.05, 3.63) is 71.1 Å². The highest BCUT2D eigenvalue weighted by Crippen LogP contribution is 2.21. The van der Waals surface area contributed by atoms with Gasteiger partial charge in [0.15, 0.2) is 5.82 Å². The number of hydrogen-bond acceptors (Lipinski definition) is 3. The van der Waals surface area contributed by atoms with Crippen LogP contribution in [0.3, 0.4) is 0 Å². The Morgan fingerprint density at radius 3 is 2.50 bits per heavy atom. The van der Waals surface area contributed by atoms with E-state index in [0.29, 0.717) is 23.0 Å². The first kappa shape index (κ1) is 17.8. The molecular weight excluding hydrogens is 359 g/mol. The van der Waals surface area contributed by atoms with Gasteiger partial charge in [-0.15, -0.1) is 0 Å². The van der Waals surface area contributed by atoms with Crippen LogP contribution in [0.4, 0.5) is 20.7 Å². The van der Waals surface area contributed by atoms with E-state index in [9.17, 15) is 9.18 Å². The summed E-state index contributed by atoms with van der Waals surface area (Å²) >= 11 is 6.12. The van der Waals surface area contributed by atoms with Crippen LogP contribution in [0.2, 0.25) is 5.02 Å². The number of ether oxygens (including phenoxy) is 1. The molecular formula is C18H16ClFN4O2. The van der Waals surface area contributed by atoms with Crippen LogP contribution in [0, 0.1) is 5.82 Å². The maximum absolute atomic E-state index is 13.0. The minimum atomic E-state index is -0.468. The lowest BCUT2D eigenvalue weighted by molar-refractivity contribution is 0.262. The van der Waals surface area contributed by atoms with Crippen LogP contribution in [0.15, 0.2) is 54.7 Å². The smallest absolute Gasteiger partial charge is 0.324 e. The van der Waals surface area contributed by atoms with Gasteiger partial charge in [-0.3, -0.25) is 10.00 Å². The zero-order valence-electron chi connectivity index (χ0n) is 13.9. The van der Waals surface area contributed by atoms with Gasteiger partial charge in [0, 0.05) is 11.9 Å². The highest BCUT2D eigenvalue weighted by Gasteiger charge is 2.11. The summed E-state index contributed by atoms with van der Waals surface area (Å²) in [4.78, 5) is 12.1. The predicted molar refractivity (Wildman–Crippen MR) is 98.4 cm³/mol. The summed E-state index contributed by atoms with van der Waals surface area (Å²) in [6, 6.07) is 12.5. The van der Waals surface area contributed by atoms with Gasteiger partial charge in [-0.1, -0.05) is 23.7 Å². The van der Waals surface area contributed by atoms with Crippen molar-refractivity contribution in [3.8, 4) is 5.75 Å². The summed E-state index contributed by atoms with van der Waals surface area (Å²) in [6.45, 7) is 0.405. The lowest BCUT2D eigenvalue weighted by Crippen LogP contribution is -2.20. The van der Waals surface area contributed by atoms with Gasteiger partial charge in [0.1, 0.15) is 16.6 Å². The van der Waals surface area contributed by atoms with E-state index in [1.807, 2.05) is 0 Å². The van der Waals surface area contributed by atoms with Crippen molar-refractivity contribution in [1.29, 1.82) is 0 Å². The first-order valence-corrected chi connectivity index (χ1v) is 8.11. The summed E-state index contributed by atoms with van der Waals surface area (Å²) in [6.07, 6.45) is 1.59. The van der Waals surface area contributed by atoms with Gasteiger partial charge in [-0.2, -0.15) is 5.10 Å². The fourth-order valence-electron chi connectivity index (χ4n) is 2.28. The van der Waals surface area contributed by atoms with Crippen LogP contribution >= 0.6 is 11.6 Å². The molecule has 0 radical (unpaired) electrons. The van der Waals surface area contributed by atoms with Gasteiger partial charge in [0.25, 0.3) is 0 Å². The standard InChI is InChI=1S/C18H16ClFN4O2/c1-26-15-8-6-14(7-9-15)21-18(25)22-17-16(19)11-24(23-17)10-12-2-4-13(20)5-3-12/h2-9,11H,10H2,1H3,(H2,21,22,23,25). The molecule has 0 fully saturated rings. The topological polar surface area (TPSA) is 68.2 Å². The Morgan fingerprint density at radius 1 is 1.15 bits per heavy atom. The Balaban J connectivity index is 1.62. The van der Waals surface area contributed by atoms with Gasteiger partial charge in [-0.05, 0) is 42.0 Å². The van der Waals surface area contributed by atoms with Crippen molar-refractivity contribution in [1.82, 2.24) is 9.78 Å². The molecule has 3 rings (SSSR count). The van der Waals surface area contributed by atoms with Crippen molar-refractivity contribution in [2.24, 2.45) is 0 Å². The fraction of sp³-hybridized carbons (Fsp3) is 0.111. The summed E-state index contributed by atoms with van der Waals surface area (Å²) in [7, 11) is 1.57. The molecule has 2 aromatic carbocycles. The second-order valence-corrected chi connectivity index (χ2v) is 5.86. The van der Waals surface area contributed by atoms with E-state index in [1.165, 1.54) is 12.1 Å². The maximum Gasteiger partial charge on any atom is 0.324 e. The fourth-order valence-corrected chi connectivity index (χ4v) is 2.48. The van der Waals surface area contributed by atoms with Gasteiger partial charge < -0.3 is 10.1 Å². The lowest BCUT2D eigenvalue weighted by Gasteiger charge is -2.07. The zero-order chi connectivity index (χ0) is 18.5. The van der Waals surface area contributed by atoms with Crippen molar-refractivity contribution < 1.29 is 13.9 Å². The second-order valence-electron chi connectivity index (χ2n) is 5.46. The molecule has 0 unspecified atom stereocenters. The molecule has 0 aliphatic heterocycles. The minimum Gasteiger partial charge on any atom is -0.497 e. The van der Waals surface area contributed by atoms with Crippen LogP contribution in [-0.4, -0.2) is 22.9 Å². The molecule has 0 saturated carbocycles. The van der Waals surface area contributed by atoms with Crippen LogP contribution < -0.4 is 15.4 Å². The Kier molecular flexibility index (Phi) is 5.38. The van der Waals surface area contributed by atoms with Gasteiger partial charge >= 0.3 is 6.03 Å². The first-order chi connectivity index (χ1) is 12.5. The Bertz CT molecular complexity index is 895. The highest BCUT2D eigenvalue weighted by atomic mass is 35.5. The third-order valence-electron chi connectivity index (χ3n) is 3.55. The quantitative estimate of drug-likeness (QED) is 0.696. The van der Waals surface area contributed by atoms with Gasteiger partial charge in [-0.25, -0.2) is 9.18 Å². The molecule has 1 aromatic heterocycles. The molecule has 0 bridgehead atoms. The van der Waals surface area contributed by atoms with E-state index >= 15 is 0 Å². The average Bonchev–Trinajstić information content (AvgIpc) is 2.96. The molecule has 0 aliphatic carbocycles. The summed E-state index contributed by atoms with van der Waals surface area (Å²) in [5.74, 6) is 0.628. The number of nitrogens with zero attached hydrogens (tertiary/aromatic N) is 2. The molecule has 3 aromatic rings. The number of hydrogen-bond donors (Lipinski definition) is 2. The molecule has 1 heterocycles. The molecule has 6 nitrogen and oxygen atoms in total. The van der Waals surface area contributed by atoms with E-state index in [4.69, 9.17) is 16.3 Å². The molecule has 134 valence electrons. The molecule has 2 amide bonds. The van der Waals surface area contributed by atoms with E-state index in [1.54, 1.807) is 54.4 Å². The lowest BCUT2D eigenvalue weighted by atomic mass is 10.2. The maximum atomic E-state index is 13.0. The van der Waals surface area contributed by atoms with E-state index < -0.39 is 6.03 Å². The SMILES string of the molecule is COc1ccc(NC(=O)Nc2nn(Cc3ccc(F)cc3)cc2Cl)cc1. The number of carbonyl (C=O) groups is 1. The number of amides is 2. The summed E-state index contributed by atoms with van der Waals surface area (Å²) in [5.41, 5.74) is 1.46. The van der Waals surface area contributed by atoms with E-state index in [2.05, 4.69) is 15.7 Å². The van der Waals surface area contributed by atoms with Crippen molar-refractivity contribution in [2.75, 3.05) is 17.7 Å². The van der Waals surface area contributed by atoms with Crippen LogP contribution in [0.5, 0.6) is 5.75 Å². The largest absolute Gasteiger partial charge is 0.497 e. The molecule has 0 atom stereocenters. The number of methoxy groups -OCH3 is 1. The van der Waals surface area contributed by atoms with E-state index in [-0.39, 0.29) is 11.6 Å². The monoisotopic (exact) mass is 374 g/mol. The average molecular weight is 375 g/mol. The van der Waals surface area contributed by atoms with Crippen molar-refractivity contribution >= 4 is 29.1 Å². The summed E-state index contributed by atoms with van der Waals surface area (Å²) < 4.78 is 19.6. The molecule has 0 spiro atoms. The Morgan fingerprint density at radius 2 is 1.85 bits per heavy atom. The molecule has 0 saturated heterocycles. The molecule has 0 aliphatic rings. The Labute approximate surface area is 154 Å². The van der Waals surface area contributed by atoms with Crippen molar-refractivity contribution in [3.63, 3.8) is 0 Å².